The van der Waals surface area contributed by atoms with Gasteiger partial charge in [-0.05, 0) is 57.2 Å². The zero-order valence-corrected chi connectivity index (χ0v) is 15.3. The number of hydrogen-bond acceptors (Lipinski definition) is 6. The first-order valence-corrected chi connectivity index (χ1v) is 10.0. The van der Waals surface area contributed by atoms with Gasteiger partial charge in [-0.2, -0.15) is 0 Å². The topological polar surface area (TPSA) is 108 Å². The normalized spacial score (nSPS) is 21.6. The number of aliphatic hydroxyl groups is 1. The van der Waals surface area contributed by atoms with Crippen LogP contribution in [0.15, 0.2) is 18.2 Å². The lowest BCUT2D eigenvalue weighted by atomic mass is 9.93. The molecule has 0 atom stereocenters. The fraction of sp³-hybridized carbons (Fsp3) is 0.529. The standard InChI is InChI=1S/C17H24N4O3S/c1-11(2)25(23,24)21-16-9-12(10-18)3-8-15(16)20-17(21)19-13-4-6-14(22)7-5-13/h3,8-11,13-14,18,22H,4-7H2,1-2H3,(H,19,20). The highest BCUT2D eigenvalue weighted by atomic mass is 32.2. The van der Waals surface area contributed by atoms with Gasteiger partial charge in [-0.3, -0.25) is 0 Å². The number of fused-ring (bicyclic) bond motifs is 1. The predicted molar refractivity (Wildman–Crippen MR) is 99.0 cm³/mol. The van der Waals surface area contributed by atoms with Crippen molar-refractivity contribution >= 4 is 33.2 Å². The summed E-state index contributed by atoms with van der Waals surface area (Å²) in [6.07, 6.45) is 3.87. The lowest BCUT2D eigenvalue weighted by molar-refractivity contribution is 0.126. The zero-order valence-electron chi connectivity index (χ0n) is 14.4. The number of benzene rings is 1. The van der Waals surface area contributed by atoms with E-state index in [-0.39, 0.29) is 12.1 Å². The maximum atomic E-state index is 12.9. The third-order valence-electron chi connectivity index (χ3n) is 4.68. The van der Waals surface area contributed by atoms with Crippen molar-refractivity contribution in [1.82, 2.24) is 8.96 Å². The molecule has 0 unspecified atom stereocenters. The highest BCUT2D eigenvalue weighted by Crippen LogP contribution is 2.28. The molecule has 0 aliphatic heterocycles. The van der Waals surface area contributed by atoms with Crippen LogP contribution in [-0.4, -0.2) is 46.1 Å². The molecule has 25 heavy (non-hydrogen) atoms. The van der Waals surface area contributed by atoms with Gasteiger partial charge < -0.3 is 15.8 Å². The molecule has 0 radical (unpaired) electrons. The quantitative estimate of drug-likeness (QED) is 0.706. The molecule has 7 nitrogen and oxygen atoms in total. The smallest absolute Gasteiger partial charge is 0.244 e. The molecule has 1 fully saturated rings. The highest BCUT2D eigenvalue weighted by molar-refractivity contribution is 7.90. The molecule has 136 valence electrons. The maximum absolute atomic E-state index is 12.9. The largest absolute Gasteiger partial charge is 0.393 e. The van der Waals surface area contributed by atoms with Gasteiger partial charge >= 0.3 is 0 Å². The van der Waals surface area contributed by atoms with E-state index in [9.17, 15) is 13.5 Å². The molecule has 0 spiro atoms. The van der Waals surface area contributed by atoms with Crippen LogP contribution >= 0.6 is 0 Å². The number of imidazole rings is 1. The summed E-state index contributed by atoms with van der Waals surface area (Å²) in [5, 5.41) is 19.7. The first-order chi connectivity index (χ1) is 11.8. The third-order valence-corrected chi connectivity index (χ3v) is 6.75. The van der Waals surface area contributed by atoms with E-state index in [4.69, 9.17) is 5.41 Å². The van der Waals surface area contributed by atoms with Gasteiger partial charge in [0.15, 0.2) is 0 Å². The Labute approximate surface area is 147 Å². The van der Waals surface area contributed by atoms with Crippen molar-refractivity contribution in [3.8, 4) is 0 Å². The summed E-state index contributed by atoms with van der Waals surface area (Å²) in [7, 11) is -3.61. The van der Waals surface area contributed by atoms with Crippen LogP contribution in [0.1, 0.15) is 45.1 Å². The Morgan fingerprint density at radius 1 is 1.32 bits per heavy atom. The molecule has 0 saturated heterocycles. The average molecular weight is 364 g/mol. The lowest BCUT2D eigenvalue weighted by Gasteiger charge is -2.27. The van der Waals surface area contributed by atoms with Crippen molar-refractivity contribution in [1.29, 1.82) is 5.41 Å². The SMILES string of the molecule is CC(C)S(=O)(=O)n1c(NC2CCC(O)CC2)nc2ccc(C=N)cc21. The molecule has 2 aromatic rings. The minimum absolute atomic E-state index is 0.0866. The van der Waals surface area contributed by atoms with Gasteiger partial charge in [0.05, 0.1) is 22.4 Å². The van der Waals surface area contributed by atoms with E-state index in [1.807, 2.05) is 0 Å². The first-order valence-electron chi connectivity index (χ1n) is 8.55. The summed E-state index contributed by atoms with van der Waals surface area (Å²) in [5.74, 6) is 0.312. The van der Waals surface area contributed by atoms with Crippen LogP contribution in [0.2, 0.25) is 0 Å². The fourth-order valence-electron chi connectivity index (χ4n) is 3.12. The molecule has 0 bridgehead atoms. The summed E-state index contributed by atoms with van der Waals surface area (Å²) in [6, 6.07) is 5.24. The second-order valence-corrected chi connectivity index (χ2v) is 9.17. The van der Waals surface area contributed by atoms with E-state index >= 15 is 0 Å². The van der Waals surface area contributed by atoms with E-state index in [1.165, 1.54) is 10.2 Å². The first kappa shape index (κ1) is 17.9. The van der Waals surface area contributed by atoms with Gasteiger partial charge in [0.25, 0.3) is 0 Å². The minimum Gasteiger partial charge on any atom is -0.393 e. The second kappa shape index (κ2) is 6.76. The summed E-state index contributed by atoms with van der Waals surface area (Å²) >= 11 is 0. The van der Waals surface area contributed by atoms with Crippen molar-refractivity contribution in [2.75, 3.05) is 5.32 Å². The molecule has 1 aliphatic carbocycles. The Kier molecular flexibility index (Phi) is 4.83. The van der Waals surface area contributed by atoms with E-state index in [1.54, 1.807) is 32.0 Å². The summed E-state index contributed by atoms with van der Waals surface area (Å²) in [6.45, 7) is 3.28. The Morgan fingerprint density at radius 3 is 2.60 bits per heavy atom. The Bertz CT molecular complexity index is 881. The summed E-state index contributed by atoms with van der Waals surface area (Å²) < 4.78 is 27.1. The van der Waals surface area contributed by atoms with E-state index in [0.717, 1.165) is 12.8 Å². The van der Waals surface area contributed by atoms with Gasteiger partial charge in [-0.1, -0.05) is 6.07 Å². The Balaban J connectivity index is 2.09. The number of anilines is 1. The van der Waals surface area contributed by atoms with Gasteiger partial charge in [0, 0.05) is 12.3 Å². The van der Waals surface area contributed by atoms with Crippen LogP contribution in [-0.2, 0) is 10.0 Å². The fourth-order valence-corrected chi connectivity index (χ4v) is 4.30. The van der Waals surface area contributed by atoms with E-state index in [2.05, 4.69) is 10.3 Å². The van der Waals surface area contributed by atoms with Gasteiger partial charge in [-0.25, -0.2) is 17.4 Å². The number of nitrogens with one attached hydrogen (secondary N) is 2. The summed E-state index contributed by atoms with van der Waals surface area (Å²) in [4.78, 5) is 4.48. The van der Waals surface area contributed by atoms with Gasteiger partial charge in [0.2, 0.25) is 16.0 Å². The number of rotatable bonds is 5. The monoisotopic (exact) mass is 364 g/mol. The van der Waals surface area contributed by atoms with Crippen molar-refractivity contribution in [2.24, 2.45) is 0 Å². The van der Waals surface area contributed by atoms with Crippen LogP contribution < -0.4 is 5.32 Å². The number of aliphatic hydroxyl groups excluding tert-OH is 1. The van der Waals surface area contributed by atoms with Crippen LogP contribution in [0.3, 0.4) is 0 Å². The molecule has 3 N–H and O–H groups in total. The van der Waals surface area contributed by atoms with Crippen molar-refractivity contribution < 1.29 is 13.5 Å². The summed E-state index contributed by atoms with van der Waals surface area (Å²) in [5.41, 5.74) is 1.68. The number of aromatic nitrogens is 2. The number of hydrogen-bond donors (Lipinski definition) is 3. The lowest BCUT2D eigenvalue weighted by Crippen LogP contribution is -2.31. The molecule has 3 rings (SSSR count). The second-order valence-electron chi connectivity index (χ2n) is 6.84. The molecular weight excluding hydrogens is 340 g/mol. The minimum atomic E-state index is -3.61. The molecule has 1 saturated carbocycles. The van der Waals surface area contributed by atoms with E-state index in [0.29, 0.717) is 35.4 Å². The molecule has 1 aromatic heterocycles. The maximum Gasteiger partial charge on any atom is 0.244 e. The molecule has 1 aliphatic rings. The average Bonchev–Trinajstić information content (AvgIpc) is 2.94. The number of nitrogens with zero attached hydrogens (tertiary/aromatic N) is 2. The van der Waals surface area contributed by atoms with E-state index < -0.39 is 15.3 Å². The molecule has 0 amide bonds. The molecule has 1 aromatic carbocycles. The molecule has 8 heteroatoms. The molecule has 1 heterocycles. The predicted octanol–water partition coefficient (Wildman–Crippen LogP) is 2.34. The van der Waals surface area contributed by atoms with Gasteiger partial charge in [0.1, 0.15) is 0 Å². The van der Waals surface area contributed by atoms with Crippen molar-refractivity contribution in [3.05, 3.63) is 23.8 Å². The Hall–Kier alpha value is -1.93. The van der Waals surface area contributed by atoms with Crippen molar-refractivity contribution in [3.63, 3.8) is 0 Å². The molecular formula is C17H24N4O3S. The highest BCUT2D eigenvalue weighted by Gasteiger charge is 2.28. The third kappa shape index (κ3) is 3.41. The van der Waals surface area contributed by atoms with Crippen LogP contribution in [0.5, 0.6) is 0 Å². The Morgan fingerprint density at radius 2 is 2.00 bits per heavy atom. The van der Waals surface area contributed by atoms with Gasteiger partial charge in [-0.15, -0.1) is 0 Å². The van der Waals surface area contributed by atoms with Crippen LogP contribution in [0, 0.1) is 5.41 Å². The van der Waals surface area contributed by atoms with Crippen molar-refractivity contribution in [2.45, 2.75) is 56.9 Å². The zero-order chi connectivity index (χ0) is 18.2. The van der Waals surface area contributed by atoms with Crippen LogP contribution in [0.25, 0.3) is 11.0 Å². The van der Waals surface area contributed by atoms with Crippen LogP contribution in [0.4, 0.5) is 5.95 Å².